The van der Waals surface area contributed by atoms with Crippen LogP contribution in [0, 0.1) is 0 Å². The summed E-state index contributed by atoms with van der Waals surface area (Å²) in [5.41, 5.74) is 0. The Morgan fingerprint density at radius 3 is 1.14 bits per heavy atom. The smallest absolute Gasteiger partial charge is 2.00 e. The van der Waals surface area contributed by atoms with Gasteiger partial charge in [-0.2, -0.15) is 0 Å². The zero-order chi connectivity index (χ0) is 3.58. The molecule has 0 heterocycles. The second-order valence-electron chi connectivity index (χ2n) is 0.250. The van der Waals surface area contributed by atoms with E-state index < -0.39 is 6.16 Å². The predicted molar refractivity (Wildman–Crippen MR) is 6.08 cm³/mol. The summed E-state index contributed by atoms with van der Waals surface area (Å²) in [5, 5.41) is 16.7. The van der Waals surface area contributed by atoms with Gasteiger partial charge >= 0.3 is 34.1 Å². The van der Waals surface area contributed by atoms with E-state index in [1.807, 2.05) is 0 Å². The summed E-state index contributed by atoms with van der Waals surface area (Å²) in [6.07, 6.45) is -2.33. The van der Waals surface area contributed by atoms with Crippen LogP contribution in [0.1, 0.15) is 0 Å². The van der Waals surface area contributed by atoms with Gasteiger partial charge in [-0.1, -0.05) is 0 Å². The summed E-state index contributed by atoms with van der Waals surface area (Å²) in [5.74, 6) is 0. The summed E-state index contributed by atoms with van der Waals surface area (Å²) in [6, 6.07) is 0. The first-order chi connectivity index (χ1) is 1.73. The second-order valence-corrected chi connectivity index (χ2v) is 0.250. The van der Waals surface area contributed by atoms with Gasteiger partial charge in [0, 0.05) is 0 Å². The molecule has 2 radical (unpaired) electrons. The van der Waals surface area contributed by atoms with Crippen molar-refractivity contribution in [3.05, 3.63) is 0 Å². The van der Waals surface area contributed by atoms with Crippen LogP contribution in [0.5, 0.6) is 0 Å². The Morgan fingerprint density at radius 2 is 1.14 bits per heavy atom. The zero-order valence-electron chi connectivity index (χ0n) is 2.89. The summed E-state index contributed by atoms with van der Waals surface area (Å²) >= 11 is 0. The molecule has 0 N–H and O–H groups in total. The number of carboxylic acid groups (broad SMARTS) is 2. The molecule has 0 spiro atoms. The van der Waals surface area contributed by atoms with Gasteiger partial charge < -0.3 is 20.5 Å². The van der Waals surface area contributed by atoms with Crippen molar-refractivity contribution in [2.45, 2.75) is 0 Å². The van der Waals surface area contributed by atoms with Gasteiger partial charge in [-0.25, -0.2) is 0 Å². The summed E-state index contributed by atoms with van der Waals surface area (Å²) < 4.78 is 0. The van der Waals surface area contributed by atoms with E-state index in [1.165, 1.54) is 0 Å². The first-order valence-electron chi connectivity index (χ1n) is 0.612. The zero-order valence-corrected chi connectivity index (χ0v) is 5.25. The molecule has 0 aromatic rings. The molecule has 0 aromatic heterocycles. The van der Waals surface area contributed by atoms with E-state index in [4.69, 9.17) is 15.0 Å². The molecule has 0 unspecified atom stereocenters. The first-order valence-corrected chi connectivity index (χ1v) is 0.612. The van der Waals surface area contributed by atoms with Gasteiger partial charge in [0.2, 0.25) is 0 Å². The molecule has 0 saturated heterocycles. The molecule has 4 nitrogen and oxygen atoms in total. The molecule has 42 valence electrons. The SMILES string of the molecule is O=C([O-])[O-].[Mn+2].[Mn+2].[O-2]. The molecule has 0 rings (SSSR count). The van der Waals surface area contributed by atoms with Gasteiger partial charge in [0.25, 0.3) is 0 Å². The van der Waals surface area contributed by atoms with Crippen LogP contribution in [0.25, 0.3) is 0 Å². The average Bonchev–Trinajstić information content (AvgIpc) is 0.811. The van der Waals surface area contributed by atoms with Crippen molar-refractivity contribution in [3.63, 3.8) is 0 Å². The molecule has 6 heteroatoms. The maximum Gasteiger partial charge on any atom is 2.00 e. The Morgan fingerprint density at radius 1 is 1.14 bits per heavy atom. The standard InChI is InChI=1S/CH2O3.2Mn.O/c2-1(3)4;;;/h(H2,2,3,4);;;/q;2*+2;-2/p-2. The van der Waals surface area contributed by atoms with E-state index in [-0.39, 0.29) is 39.6 Å². The monoisotopic (exact) mass is 186 g/mol. The Bertz CT molecular complexity index is 32.7. The minimum Gasteiger partial charge on any atom is -2.00 e. The van der Waals surface area contributed by atoms with Crippen LogP contribution >= 0.6 is 0 Å². The minimum atomic E-state index is -2.33. The number of hydrogen-bond donors (Lipinski definition) is 0. The molecule has 0 atom stereocenters. The number of hydrogen-bond acceptors (Lipinski definition) is 3. The molecule has 0 saturated carbocycles. The summed E-state index contributed by atoms with van der Waals surface area (Å²) in [6.45, 7) is 0. The average molecular weight is 186 g/mol. The summed E-state index contributed by atoms with van der Waals surface area (Å²) in [7, 11) is 0. The van der Waals surface area contributed by atoms with Gasteiger partial charge in [-0.05, 0) is 6.16 Å². The fourth-order valence-corrected chi connectivity index (χ4v) is 0. The third kappa shape index (κ3) is 1580. The Balaban J connectivity index is -0.0000000150. The minimum absolute atomic E-state index is 0. The second kappa shape index (κ2) is 16.3. The van der Waals surface area contributed by atoms with Crippen LogP contribution in [0.15, 0.2) is 0 Å². The Kier molecular flexibility index (Phi) is 62.2. The Labute approximate surface area is 61.2 Å². The first kappa shape index (κ1) is 26.7. The van der Waals surface area contributed by atoms with Gasteiger partial charge in [0.05, 0.1) is 0 Å². The molecule has 0 fully saturated rings. The van der Waals surface area contributed by atoms with Crippen LogP contribution in [0.2, 0.25) is 0 Å². The van der Waals surface area contributed by atoms with E-state index in [0.717, 1.165) is 0 Å². The van der Waals surface area contributed by atoms with E-state index in [1.54, 1.807) is 0 Å². The molecule has 7 heavy (non-hydrogen) atoms. The molecule has 0 aliphatic heterocycles. The predicted octanol–water partition coefficient (Wildman–Crippen LogP) is -2.57. The Hall–Kier alpha value is 0.269. The van der Waals surface area contributed by atoms with Crippen LogP contribution in [0.4, 0.5) is 4.79 Å². The van der Waals surface area contributed by atoms with Crippen molar-refractivity contribution in [1.29, 1.82) is 0 Å². The molecule has 0 aromatic carbocycles. The molecule has 0 aliphatic carbocycles. The topological polar surface area (TPSA) is 91.7 Å². The maximum absolute atomic E-state index is 8.33. The van der Waals surface area contributed by atoms with Crippen LogP contribution in [-0.2, 0) is 39.6 Å². The third-order valence-electron chi connectivity index (χ3n) is 0. The number of rotatable bonds is 0. The van der Waals surface area contributed by atoms with Crippen LogP contribution < -0.4 is 10.2 Å². The van der Waals surface area contributed by atoms with Gasteiger partial charge in [-0.3, -0.25) is 0 Å². The largest absolute Gasteiger partial charge is 2.00 e. The third-order valence-corrected chi connectivity index (χ3v) is 0. The summed E-state index contributed by atoms with van der Waals surface area (Å²) in [4.78, 5) is 8.33. The van der Waals surface area contributed by atoms with E-state index in [9.17, 15) is 0 Å². The number of carbonyl (C=O) groups excluding carboxylic acids is 1. The van der Waals surface area contributed by atoms with Crippen molar-refractivity contribution in [3.8, 4) is 0 Å². The van der Waals surface area contributed by atoms with E-state index >= 15 is 0 Å². The molecular formula is CMn2O4. The molecule has 0 amide bonds. The van der Waals surface area contributed by atoms with Crippen molar-refractivity contribution in [2.24, 2.45) is 0 Å². The quantitative estimate of drug-likeness (QED) is 0.389. The van der Waals surface area contributed by atoms with E-state index in [2.05, 4.69) is 0 Å². The number of carbonyl (C=O) groups is 1. The van der Waals surface area contributed by atoms with Gasteiger partial charge in [-0.15, -0.1) is 0 Å². The maximum atomic E-state index is 8.33. The van der Waals surface area contributed by atoms with Crippen molar-refractivity contribution in [1.82, 2.24) is 0 Å². The van der Waals surface area contributed by atoms with Crippen LogP contribution in [0.3, 0.4) is 0 Å². The van der Waals surface area contributed by atoms with Crippen LogP contribution in [-0.4, -0.2) is 6.16 Å². The molecule has 0 bridgehead atoms. The fourth-order valence-electron chi connectivity index (χ4n) is 0. The van der Waals surface area contributed by atoms with Crippen molar-refractivity contribution in [2.75, 3.05) is 0 Å². The molecule has 0 aliphatic rings. The van der Waals surface area contributed by atoms with Crippen molar-refractivity contribution < 1.29 is 54.6 Å². The normalized spacial score (nSPS) is 3.43. The van der Waals surface area contributed by atoms with Crippen molar-refractivity contribution >= 4 is 6.16 Å². The molecular weight excluding hydrogens is 186 g/mol. The fraction of sp³-hybridized carbons (Fsp3) is 0. The van der Waals surface area contributed by atoms with Gasteiger partial charge in [0.15, 0.2) is 0 Å². The van der Waals surface area contributed by atoms with Gasteiger partial charge in [0.1, 0.15) is 0 Å². The van der Waals surface area contributed by atoms with E-state index in [0.29, 0.717) is 0 Å².